The van der Waals surface area contributed by atoms with Crippen molar-refractivity contribution in [3.05, 3.63) is 0 Å². The van der Waals surface area contributed by atoms with Crippen molar-refractivity contribution < 1.29 is 9.59 Å². The number of hydrogen-bond donors (Lipinski definition) is 0. The van der Waals surface area contributed by atoms with E-state index in [9.17, 15) is 9.59 Å². The van der Waals surface area contributed by atoms with Crippen molar-refractivity contribution in [1.82, 2.24) is 0 Å². The lowest BCUT2D eigenvalue weighted by Crippen LogP contribution is -2.42. The van der Waals surface area contributed by atoms with E-state index < -0.39 is 0 Å². The van der Waals surface area contributed by atoms with Crippen LogP contribution in [0.25, 0.3) is 0 Å². The van der Waals surface area contributed by atoms with Crippen LogP contribution in [0, 0.1) is 11.8 Å². The highest BCUT2D eigenvalue weighted by Gasteiger charge is 2.41. The van der Waals surface area contributed by atoms with Crippen molar-refractivity contribution in [3.63, 3.8) is 0 Å². The molecule has 3 aliphatic rings. The topological polar surface area (TPSA) is 58.9 Å². The van der Waals surface area contributed by atoms with Gasteiger partial charge >= 0.3 is 0 Å². The second-order valence-electron chi connectivity index (χ2n) is 4.14. The SMILES string of the molecule is O=C=NC1CC2CCC1CC2N=C=O. The Morgan fingerprint density at radius 1 is 0.857 bits per heavy atom. The van der Waals surface area contributed by atoms with Crippen LogP contribution in [-0.2, 0) is 9.59 Å². The molecule has 0 aromatic carbocycles. The molecule has 4 unspecified atom stereocenters. The molecule has 74 valence electrons. The minimum Gasteiger partial charge on any atom is -0.211 e. The van der Waals surface area contributed by atoms with Crippen LogP contribution in [-0.4, -0.2) is 24.2 Å². The Kier molecular flexibility index (Phi) is 2.58. The molecule has 0 saturated heterocycles. The van der Waals surface area contributed by atoms with E-state index in [4.69, 9.17) is 0 Å². The molecule has 4 heteroatoms. The summed E-state index contributed by atoms with van der Waals surface area (Å²) in [5, 5.41) is 0. The van der Waals surface area contributed by atoms with Gasteiger partial charge in [-0.25, -0.2) is 19.6 Å². The molecule has 14 heavy (non-hydrogen) atoms. The lowest BCUT2D eigenvalue weighted by Gasteiger charge is -2.43. The average molecular weight is 192 g/mol. The molecule has 3 rings (SSSR count). The second kappa shape index (κ2) is 3.87. The summed E-state index contributed by atoms with van der Waals surface area (Å²) in [4.78, 5) is 28.0. The zero-order valence-corrected chi connectivity index (χ0v) is 7.85. The third kappa shape index (κ3) is 1.54. The minimum absolute atomic E-state index is 0.129. The van der Waals surface area contributed by atoms with E-state index in [1.807, 2.05) is 0 Å². The molecule has 3 saturated carbocycles. The summed E-state index contributed by atoms with van der Waals surface area (Å²) in [6.07, 6.45) is 7.25. The molecule has 0 aromatic heterocycles. The van der Waals surface area contributed by atoms with Crippen molar-refractivity contribution in [3.8, 4) is 0 Å². The zero-order valence-electron chi connectivity index (χ0n) is 7.85. The second-order valence-corrected chi connectivity index (χ2v) is 4.14. The number of nitrogens with zero attached hydrogens (tertiary/aromatic N) is 2. The molecule has 4 atom stereocenters. The Morgan fingerprint density at radius 3 is 1.57 bits per heavy atom. The van der Waals surface area contributed by atoms with Crippen LogP contribution < -0.4 is 0 Å². The van der Waals surface area contributed by atoms with Gasteiger partial charge < -0.3 is 0 Å². The predicted molar refractivity (Wildman–Crippen MR) is 49.3 cm³/mol. The summed E-state index contributed by atoms with van der Waals surface area (Å²) in [5.41, 5.74) is 0. The lowest BCUT2D eigenvalue weighted by molar-refractivity contribution is 0.124. The van der Waals surface area contributed by atoms with Crippen LogP contribution in [0.4, 0.5) is 0 Å². The molecule has 0 N–H and O–H groups in total. The van der Waals surface area contributed by atoms with E-state index in [1.165, 1.54) is 0 Å². The predicted octanol–water partition coefficient (Wildman–Crippen LogP) is 1.22. The van der Waals surface area contributed by atoms with Gasteiger partial charge in [-0.1, -0.05) is 0 Å². The number of fused-ring (bicyclic) bond motifs is 3. The molecular weight excluding hydrogens is 180 g/mol. The average Bonchev–Trinajstić information content (AvgIpc) is 2.21. The van der Waals surface area contributed by atoms with Gasteiger partial charge in [-0.05, 0) is 37.5 Å². The van der Waals surface area contributed by atoms with Crippen molar-refractivity contribution in [2.75, 3.05) is 0 Å². The third-order valence-electron chi connectivity index (χ3n) is 3.52. The Labute approximate surface area is 82.1 Å². The molecule has 3 fully saturated rings. The molecule has 0 aliphatic heterocycles. The summed E-state index contributed by atoms with van der Waals surface area (Å²) >= 11 is 0. The van der Waals surface area contributed by atoms with E-state index >= 15 is 0 Å². The summed E-state index contributed by atoms with van der Waals surface area (Å²) in [6.45, 7) is 0. The summed E-state index contributed by atoms with van der Waals surface area (Å²) in [5.74, 6) is 0.840. The molecule has 0 spiro atoms. The highest BCUT2D eigenvalue weighted by molar-refractivity contribution is 5.35. The number of carbonyl (C=O) groups excluding carboxylic acids is 2. The first-order valence-corrected chi connectivity index (χ1v) is 4.99. The largest absolute Gasteiger partial charge is 0.235 e. The smallest absolute Gasteiger partial charge is 0.211 e. The van der Waals surface area contributed by atoms with Crippen molar-refractivity contribution >= 4 is 12.2 Å². The van der Waals surface area contributed by atoms with E-state index in [1.54, 1.807) is 12.2 Å². The minimum atomic E-state index is 0.129. The van der Waals surface area contributed by atoms with Crippen molar-refractivity contribution in [1.29, 1.82) is 0 Å². The van der Waals surface area contributed by atoms with Crippen molar-refractivity contribution in [2.24, 2.45) is 21.8 Å². The zero-order chi connectivity index (χ0) is 9.97. The first-order chi connectivity index (χ1) is 6.85. The van der Waals surface area contributed by atoms with Crippen LogP contribution in [0.1, 0.15) is 25.7 Å². The van der Waals surface area contributed by atoms with Gasteiger partial charge in [0.2, 0.25) is 12.2 Å². The first kappa shape index (κ1) is 9.32. The normalized spacial score (nSPS) is 39.7. The van der Waals surface area contributed by atoms with Crippen LogP contribution in [0.5, 0.6) is 0 Å². The van der Waals surface area contributed by atoms with E-state index in [0.717, 1.165) is 25.7 Å². The van der Waals surface area contributed by atoms with Crippen LogP contribution >= 0.6 is 0 Å². The van der Waals surface area contributed by atoms with Gasteiger partial charge in [-0.3, -0.25) is 0 Å². The van der Waals surface area contributed by atoms with Gasteiger partial charge in [-0.15, -0.1) is 0 Å². The van der Waals surface area contributed by atoms with Crippen LogP contribution in [0.3, 0.4) is 0 Å². The molecule has 0 heterocycles. The Balaban J connectivity index is 2.11. The van der Waals surface area contributed by atoms with E-state index in [-0.39, 0.29) is 12.1 Å². The number of rotatable bonds is 2. The van der Waals surface area contributed by atoms with Gasteiger partial charge in [0.05, 0.1) is 12.1 Å². The highest BCUT2D eigenvalue weighted by Crippen LogP contribution is 2.43. The number of isocyanates is 2. The molecular formula is C10H12N2O2. The lowest BCUT2D eigenvalue weighted by atomic mass is 9.65. The Bertz CT molecular complexity index is 284. The maximum Gasteiger partial charge on any atom is 0.235 e. The Hall–Kier alpha value is -1.24. The quantitative estimate of drug-likeness (QED) is 0.487. The molecule has 4 nitrogen and oxygen atoms in total. The fraction of sp³-hybridized carbons (Fsp3) is 0.800. The van der Waals surface area contributed by atoms with Gasteiger partial charge in [0.25, 0.3) is 0 Å². The maximum absolute atomic E-state index is 10.2. The molecule has 2 bridgehead atoms. The summed E-state index contributed by atoms with van der Waals surface area (Å²) in [7, 11) is 0. The van der Waals surface area contributed by atoms with E-state index in [2.05, 4.69) is 9.98 Å². The van der Waals surface area contributed by atoms with E-state index in [0.29, 0.717) is 11.8 Å². The molecule has 0 aromatic rings. The summed E-state index contributed by atoms with van der Waals surface area (Å²) < 4.78 is 0. The Morgan fingerprint density at radius 2 is 1.29 bits per heavy atom. The maximum atomic E-state index is 10.2. The first-order valence-electron chi connectivity index (χ1n) is 4.99. The monoisotopic (exact) mass is 192 g/mol. The van der Waals surface area contributed by atoms with Gasteiger partial charge in [-0.2, -0.15) is 0 Å². The number of aliphatic imine (C=N–C) groups is 2. The fourth-order valence-electron chi connectivity index (χ4n) is 2.82. The van der Waals surface area contributed by atoms with Crippen LogP contribution in [0.15, 0.2) is 9.98 Å². The van der Waals surface area contributed by atoms with Gasteiger partial charge in [0.1, 0.15) is 0 Å². The molecule has 0 amide bonds. The third-order valence-corrected chi connectivity index (χ3v) is 3.52. The molecule has 0 radical (unpaired) electrons. The highest BCUT2D eigenvalue weighted by atomic mass is 16.1. The molecule has 3 aliphatic carbocycles. The summed E-state index contributed by atoms with van der Waals surface area (Å²) in [6, 6.07) is 0.258. The standard InChI is InChI=1S/C10H12N2O2/c13-5-11-9-4-8-2-1-7(9)3-10(8)12-6-14/h7-10H,1-4H2. The van der Waals surface area contributed by atoms with Gasteiger partial charge in [0.15, 0.2) is 0 Å². The number of hydrogen-bond acceptors (Lipinski definition) is 4. The fourth-order valence-corrected chi connectivity index (χ4v) is 2.82. The van der Waals surface area contributed by atoms with Crippen molar-refractivity contribution in [2.45, 2.75) is 37.8 Å². The van der Waals surface area contributed by atoms with Crippen LogP contribution in [0.2, 0.25) is 0 Å². The van der Waals surface area contributed by atoms with Gasteiger partial charge in [0, 0.05) is 0 Å².